The first-order chi connectivity index (χ1) is 5.47. The summed E-state index contributed by atoms with van der Waals surface area (Å²) in [7, 11) is -3.98. The van der Waals surface area contributed by atoms with E-state index in [1.165, 1.54) is 6.20 Å². The Morgan fingerprint density at radius 2 is 2.17 bits per heavy atom. The van der Waals surface area contributed by atoms with Crippen molar-refractivity contribution >= 4 is 23.5 Å². The highest BCUT2D eigenvalue weighted by molar-refractivity contribution is 9.10. The van der Waals surface area contributed by atoms with E-state index >= 15 is 0 Å². The van der Waals surface area contributed by atoms with Gasteiger partial charge in [-0.3, -0.25) is 9.55 Å². The Bertz CT molecular complexity index is 307. The third kappa shape index (κ3) is 3.45. The van der Waals surface area contributed by atoms with Crippen LogP contribution >= 0.6 is 23.5 Å². The van der Waals surface area contributed by atoms with Gasteiger partial charge < -0.3 is 9.79 Å². The quantitative estimate of drug-likeness (QED) is 0.783. The molecule has 66 valence electrons. The second kappa shape index (κ2) is 3.66. The minimum Gasteiger partial charge on any atom is -0.324 e. The Morgan fingerprint density at radius 1 is 1.50 bits per heavy atom. The molecule has 0 unspecified atom stereocenters. The lowest BCUT2D eigenvalue weighted by molar-refractivity contribution is 0.371. The van der Waals surface area contributed by atoms with E-state index in [9.17, 15) is 4.57 Å². The predicted molar refractivity (Wildman–Crippen MR) is 47.7 cm³/mol. The number of halogens is 1. The van der Waals surface area contributed by atoms with E-state index in [0.29, 0.717) is 5.69 Å². The molecule has 0 saturated carbocycles. The van der Waals surface area contributed by atoms with Crippen molar-refractivity contribution in [1.82, 2.24) is 4.98 Å². The average Bonchev–Trinajstić information content (AvgIpc) is 1.91. The summed E-state index contributed by atoms with van der Waals surface area (Å²) in [6.45, 7) is 0. The Balaban J connectivity index is 2.78. The second-order valence-electron chi connectivity index (χ2n) is 2.29. The van der Waals surface area contributed by atoms with Crippen LogP contribution in [0.2, 0.25) is 0 Å². The summed E-state index contributed by atoms with van der Waals surface area (Å²) in [6.07, 6.45) is 1.20. The maximum atomic E-state index is 10.5. The monoisotopic (exact) mass is 251 g/mol. The molecule has 12 heavy (non-hydrogen) atoms. The van der Waals surface area contributed by atoms with Crippen LogP contribution in [0.5, 0.6) is 0 Å². The SMILES string of the molecule is O=P(O)(O)Cc1ccc(Br)cn1. The van der Waals surface area contributed by atoms with Gasteiger partial charge in [0.2, 0.25) is 0 Å². The van der Waals surface area contributed by atoms with Crippen molar-refractivity contribution in [3.05, 3.63) is 28.5 Å². The van der Waals surface area contributed by atoms with Gasteiger partial charge in [0.05, 0.1) is 11.9 Å². The summed E-state index contributed by atoms with van der Waals surface area (Å²) < 4.78 is 11.3. The van der Waals surface area contributed by atoms with Gasteiger partial charge in [0.15, 0.2) is 0 Å². The molecule has 0 radical (unpaired) electrons. The van der Waals surface area contributed by atoms with Crippen molar-refractivity contribution in [3.8, 4) is 0 Å². The number of rotatable bonds is 2. The van der Waals surface area contributed by atoms with Gasteiger partial charge in [-0.25, -0.2) is 0 Å². The minimum absolute atomic E-state index is 0.305. The molecule has 0 fully saturated rings. The summed E-state index contributed by atoms with van der Waals surface area (Å²) in [4.78, 5) is 21.0. The number of hydrogen-bond acceptors (Lipinski definition) is 2. The summed E-state index contributed by atoms with van der Waals surface area (Å²) in [5, 5.41) is 0. The Labute approximate surface area is 77.9 Å². The Morgan fingerprint density at radius 3 is 2.58 bits per heavy atom. The lowest BCUT2D eigenvalue weighted by Gasteiger charge is -2.01. The van der Waals surface area contributed by atoms with Gasteiger partial charge >= 0.3 is 7.60 Å². The van der Waals surface area contributed by atoms with Gasteiger partial charge in [-0.1, -0.05) is 0 Å². The van der Waals surface area contributed by atoms with Crippen LogP contribution in [0.15, 0.2) is 22.8 Å². The van der Waals surface area contributed by atoms with Gasteiger partial charge in [-0.15, -0.1) is 0 Å². The van der Waals surface area contributed by atoms with E-state index in [0.717, 1.165) is 4.47 Å². The molecule has 0 bridgehead atoms. The minimum atomic E-state index is -3.98. The summed E-state index contributed by atoms with van der Waals surface area (Å²) >= 11 is 3.17. The van der Waals surface area contributed by atoms with E-state index < -0.39 is 7.60 Å². The van der Waals surface area contributed by atoms with Crippen molar-refractivity contribution in [3.63, 3.8) is 0 Å². The molecular weight excluding hydrogens is 245 g/mol. The van der Waals surface area contributed by atoms with E-state index in [-0.39, 0.29) is 6.16 Å². The molecule has 0 saturated heterocycles. The first kappa shape index (κ1) is 9.86. The van der Waals surface area contributed by atoms with E-state index in [4.69, 9.17) is 9.79 Å². The maximum Gasteiger partial charge on any atom is 0.331 e. The van der Waals surface area contributed by atoms with Gasteiger partial charge in [-0.05, 0) is 28.1 Å². The van der Waals surface area contributed by atoms with Crippen molar-refractivity contribution in [2.45, 2.75) is 6.16 Å². The number of hydrogen-bond donors (Lipinski definition) is 2. The third-order valence-corrected chi connectivity index (χ3v) is 2.36. The van der Waals surface area contributed by atoms with Crippen LogP contribution in [0.25, 0.3) is 0 Å². The molecule has 0 spiro atoms. The van der Waals surface area contributed by atoms with Crippen molar-refractivity contribution in [2.75, 3.05) is 0 Å². The molecule has 0 aliphatic carbocycles. The second-order valence-corrected chi connectivity index (χ2v) is 4.85. The fourth-order valence-corrected chi connectivity index (χ4v) is 1.55. The lowest BCUT2D eigenvalue weighted by atomic mass is 10.4. The van der Waals surface area contributed by atoms with Gasteiger partial charge in [-0.2, -0.15) is 0 Å². The molecular formula is C6H7BrNO3P. The Hall–Kier alpha value is -0.220. The molecule has 0 aliphatic rings. The molecule has 1 aromatic heterocycles. The Kier molecular flexibility index (Phi) is 3.01. The molecule has 0 aliphatic heterocycles. The lowest BCUT2D eigenvalue weighted by Crippen LogP contribution is -1.89. The molecule has 1 rings (SSSR count). The molecule has 0 amide bonds. The van der Waals surface area contributed by atoms with Crippen molar-refractivity contribution < 1.29 is 14.4 Å². The topological polar surface area (TPSA) is 70.4 Å². The third-order valence-electron chi connectivity index (χ3n) is 1.16. The smallest absolute Gasteiger partial charge is 0.324 e. The zero-order valence-electron chi connectivity index (χ0n) is 6.01. The van der Waals surface area contributed by atoms with Crippen LogP contribution in [0.4, 0.5) is 0 Å². The molecule has 1 heterocycles. The predicted octanol–water partition coefficient (Wildman–Crippen LogP) is 1.52. The zero-order chi connectivity index (χ0) is 9.19. The summed E-state index contributed by atoms with van der Waals surface area (Å²) in [5.41, 5.74) is 0.395. The number of nitrogens with zero attached hydrogens (tertiary/aromatic N) is 1. The molecule has 1 aromatic rings. The van der Waals surface area contributed by atoms with E-state index in [1.54, 1.807) is 12.1 Å². The fraction of sp³-hybridized carbons (Fsp3) is 0.167. The number of aromatic nitrogens is 1. The van der Waals surface area contributed by atoms with E-state index in [2.05, 4.69) is 20.9 Å². The first-order valence-corrected chi connectivity index (χ1v) is 5.71. The summed E-state index contributed by atoms with van der Waals surface area (Å²) in [6, 6.07) is 3.27. The van der Waals surface area contributed by atoms with Gasteiger partial charge in [0.25, 0.3) is 0 Å². The van der Waals surface area contributed by atoms with Crippen LogP contribution in [0.1, 0.15) is 5.69 Å². The van der Waals surface area contributed by atoms with E-state index in [1.807, 2.05) is 0 Å². The normalized spacial score (nSPS) is 11.6. The fourth-order valence-electron chi connectivity index (χ4n) is 0.711. The highest BCUT2D eigenvalue weighted by Crippen LogP contribution is 2.38. The van der Waals surface area contributed by atoms with Crippen LogP contribution in [0.3, 0.4) is 0 Å². The molecule has 0 atom stereocenters. The zero-order valence-corrected chi connectivity index (χ0v) is 8.49. The van der Waals surface area contributed by atoms with Gasteiger partial charge in [0.1, 0.15) is 0 Å². The van der Waals surface area contributed by atoms with Crippen molar-refractivity contribution in [2.24, 2.45) is 0 Å². The van der Waals surface area contributed by atoms with Crippen molar-refractivity contribution in [1.29, 1.82) is 0 Å². The van der Waals surface area contributed by atoms with Crippen LogP contribution in [-0.4, -0.2) is 14.8 Å². The number of pyridine rings is 1. The maximum absolute atomic E-state index is 10.5. The highest BCUT2D eigenvalue weighted by Gasteiger charge is 2.14. The molecule has 2 N–H and O–H groups in total. The van der Waals surface area contributed by atoms with Crippen LogP contribution in [0, 0.1) is 0 Å². The molecule has 6 heteroatoms. The average molecular weight is 252 g/mol. The first-order valence-electron chi connectivity index (χ1n) is 3.12. The molecule has 4 nitrogen and oxygen atoms in total. The summed E-state index contributed by atoms with van der Waals surface area (Å²) in [5.74, 6) is 0. The highest BCUT2D eigenvalue weighted by atomic mass is 79.9. The van der Waals surface area contributed by atoms with Gasteiger partial charge in [0, 0.05) is 10.7 Å². The van der Waals surface area contributed by atoms with Crippen LogP contribution < -0.4 is 0 Å². The standard InChI is InChI=1S/C6H7BrNO3P/c7-5-1-2-6(8-3-5)4-12(9,10)11/h1-3H,4H2,(H2,9,10,11). The van der Waals surface area contributed by atoms with Crippen LogP contribution in [-0.2, 0) is 10.7 Å². The largest absolute Gasteiger partial charge is 0.331 e. The molecule has 0 aromatic carbocycles.